The van der Waals surface area contributed by atoms with Gasteiger partial charge in [-0.25, -0.2) is 4.39 Å². The van der Waals surface area contributed by atoms with Gasteiger partial charge in [-0.2, -0.15) is 0 Å². The van der Waals surface area contributed by atoms with Gasteiger partial charge in [-0.3, -0.25) is 4.79 Å². The van der Waals surface area contributed by atoms with Crippen LogP contribution in [0.15, 0.2) is 24.3 Å². The quantitative estimate of drug-likeness (QED) is 0.865. The van der Waals surface area contributed by atoms with E-state index in [9.17, 15) is 9.18 Å². The largest absolute Gasteiger partial charge is 0.370 e. The fourth-order valence-corrected chi connectivity index (χ4v) is 3.32. The lowest BCUT2D eigenvalue weighted by Gasteiger charge is -2.23. The summed E-state index contributed by atoms with van der Waals surface area (Å²) in [5, 5.41) is 0. The average molecular weight is 331 g/mol. The predicted molar refractivity (Wildman–Crippen MR) is 90.7 cm³/mol. The second kappa shape index (κ2) is 6.87. The van der Waals surface area contributed by atoms with Gasteiger partial charge in [0.2, 0.25) is 5.78 Å². The second-order valence-electron chi connectivity index (χ2n) is 6.52. The molecule has 1 aliphatic heterocycles. The van der Waals surface area contributed by atoms with Gasteiger partial charge in [0.15, 0.2) is 0 Å². The van der Waals surface area contributed by atoms with Crippen LogP contribution in [0.25, 0.3) is 5.69 Å². The molecule has 2 heterocycles. The molecule has 0 unspecified atom stereocenters. The van der Waals surface area contributed by atoms with Crippen molar-refractivity contribution in [2.75, 3.05) is 32.8 Å². The molecule has 3 rings (SSSR count). The molecule has 1 fully saturated rings. The van der Waals surface area contributed by atoms with E-state index >= 15 is 0 Å². The molecule has 24 heavy (non-hydrogen) atoms. The van der Waals surface area contributed by atoms with Crippen molar-refractivity contribution in [3.8, 4) is 5.69 Å². The van der Waals surface area contributed by atoms with Crippen LogP contribution in [0.5, 0.6) is 0 Å². The van der Waals surface area contributed by atoms with E-state index in [1.807, 2.05) is 30.5 Å². The van der Waals surface area contributed by atoms with Crippen molar-refractivity contribution in [3.05, 3.63) is 52.6 Å². The number of ketones is 1. The van der Waals surface area contributed by atoms with E-state index in [-0.39, 0.29) is 11.6 Å². The Morgan fingerprint density at radius 1 is 1.21 bits per heavy atom. The highest BCUT2D eigenvalue weighted by molar-refractivity contribution is 5.98. The highest BCUT2D eigenvalue weighted by Gasteiger charge is 2.22. The third-order valence-corrected chi connectivity index (χ3v) is 4.76. The number of aryl methyl sites for hydroxylation is 2. The van der Waals surface area contributed by atoms with Gasteiger partial charge < -0.3 is 14.2 Å². The number of nitrogens with one attached hydrogen (secondary N) is 1. The summed E-state index contributed by atoms with van der Waals surface area (Å²) >= 11 is 0. The van der Waals surface area contributed by atoms with Crippen LogP contribution in [-0.2, 0) is 4.74 Å². The number of ether oxygens (including phenoxy) is 1. The lowest BCUT2D eigenvalue weighted by molar-refractivity contribution is -0.899. The summed E-state index contributed by atoms with van der Waals surface area (Å²) in [5.41, 5.74) is 3.91. The first kappa shape index (κ1) is 16.9. The van der Waals surface area contributed by atoms with E-state index < -0.39 is 0 Å². The smallest absolute Gasteiger partial charge is 0.218 e. The minimum absolute atomic E-state index is 0.138. The van der Waals surface area contributed by atoms with Crippen LogP contribution in [0.3, 0.4) is 0 Å². The molecule has 0 radical (unpaired) electrons. The fourth-order valence-electron chi connectivity index (χ4n) is 3.32. The van der Waals surface area contributed by atoms with Crippen LogP contribution in [0, 0.1) is 26.6 Å². The molecule has 1 aromatic carbocycles. The number of morpholine rings is 1. The van der Waals surface area contributed by atoms with E-state index in [1.165, 1.54) is 11.0 Å². The number of rotatable bonds is 4. The number of halogens is 1. The van der Waals surface area contributed by atoms with Crippen LogP contribution in [0.2, 0.25) is 0 Å². The van der Waals surface area contributed by atoms with E-state index in [0.29, 0.717) is 25.3 Å². The first-order valence-electron chi connectivity index (χ1n) is 8.37. The number of carbonyl (C=O) groups excluding carboxylic acids is 1. The molecule has 2 aromatic rings. The number of Topliss-reactive ketones (excluding diaryl/α,β-unsaturated/α-hetero) is 1. The molecule has 4 nitrogen and oxygen atoms in total. The Labute approximate surface area is 141 Å². The topological polar surface area (TPSA) is 35.7 Å². The van der Waals surface area contributed by atoms with E-state index in [2.05, 4.69) is 0 Å². The van der Waals surface area contributed by atoms with E-state index in [1.54, 1.807) is 13.0 Å². The molecule has 5 heteroatoms. The zero-order chi connectivity index (χ0) is 17.3. The average Bonchev–Trinajstić information content (AvgIpc) is 2.86. The van der Waals surface area contributed by atoms with Crippen LogP contribution in [-0.4, -0.2) is 43.2 Å². The monoisotopic (exact) mass is 331 g/mol. The summed E-state index contributed by atoms with van der Waals surface area (Å²) in [6.45, 7) is 9.26. The van der Waals surface area contributed by atoms with E-state index in [4.69, 9.17) is 4.74 Å². The molecule has 1 N–H and O–H groups in total. The lowest BCUT2D eigenvalue weighted by atomic mass is 10.1. The molecule has 1 aliphatic rings. The summed E-state index contributed by atoms with van der Waals surface area (Å²) in [7, 11) is 0. The molecule has 0 amide bonds. The van der Waals surface area contributed by atoms with Gasteiger partial charge in [-0.1, -0.05) is 6.07 Å². The van der Waals surface area contributed by atoms with Gasteiger partial charge in [0.25, 0.3) is 0 Å². The minimum Gasteiger partial charge on any atom is -0.370 e. The minimum atomic E-state index is -0.231. The molecular formula is C19H24FN2O2+. The van der Waals surface area contributed by atoms with Crippen LogP contribution in [0.1, 0.15) is 27.3 Å². The molecule has 0 saturated carbocycles. The Balaban J connectivity index is 1.88. The number of quaternary nitrogens is 1. The normalized spacial score (nSPS) is 15.7. The highest BCUT2D eigenvalue weighted by Crippen LogP contribution is 2.22. The summed E-state index contributed by atoms with van der Waals surface area (Å²) in [4.78, 5) is 14.0. The maximum Gasteiger partial charge on any atom is 0.218 e. The maximum absolute atomic E-state index is 13.9. The summed E-state index contributed by atoms with van der Waals surface area (Å²) < 4.78 is 21.2. The van der Waals surface area contributed by atoms with Crippen molar-refractivity contribution in [2.24, 2.45) is 0 Å². The first-order valence-corrected chi connectivity index (χ1v) is 8.37. The van der Waals surface area contributed by atoms with Crippen molar-refractivity contribution in [1.29, 1.82) is 0 Å². The second-order valence-corrected chi connectivity index (χ2v) is 6.52. The molecule has 0 aliphatic carbocycles. The molecular weight excluding hydrogens is 307 g/mol. The standard InChI is InChI=1S/C19H23FN2O2/c1-13-4-5-16(11-18(13)20)22-14(2)10-17(15(22)3)19(23)12-21-6-8-24-9-7-21/h4-5,10-11H,6-9,12H2,1-3H3/p+1. The molecule has 0 spiro atoms. The van der Waals surface area contributed by atoms with Crippen molar-refractivity contribution >= 4 is 5.78 Å². The van der Waals surface area contributed by atoms with Gasteiger partial charge in [0.05, 0.1) is 13.2 Å². The Kier molecular flexibility index (Phi) is 4.83. The van der Waals surface area contributed by atoms with Crippen molar-refractivity contribution in [2.45, 2.75) is 20.8 Å². The summed E-state index contributed by atoms with van der Waals surface area (Å²) in [6, 6.07) is 7.09. The highest BCUT2D eigenvalue weighted by atomic mass is 19.1. The van der Waals surface area contributed by atoms with Crippen LogP contribution < -0.4 is 4.90 Å². The number of hydrogen-bond acceptors (Lipinski definition) is 2. The van der Waals surface area contributed by atoms with Crippen molar-refractivity contribution < 1.29 is 18.8 Å². The third kappa shape index (κ3) is 3.28. The number of carbonyl (C=O) groups is 1. The van der Waals surface area contributed by atoms with E-state index in [0.717, 1.165) is 35.7 Å². The molecule has 1 aromatic heterocycles. The zero-order valence-corrected chi connectivity index (χ0v) is 14.5. The van der Waals surface area contributed by atoms with Gasteiger partial charge >= 0.3 is 0 Å². The van der Waals surface area contributed by atoms with Crippen LogP contribution in [0.4, 0.5) is 4.39 Å². The SMILES string of the molecule is Cc1ccc(-n2c(C)cc(C(=O)C[NH+]3CCOCC3)c2C)cc1F. The van der Waals surface area contributed by atoms with Crippen molar-refractivity contribution in [1.82, 2.24) is 4.57 Å². The number of hydrogen-bond donors (Lipinski definition) is 1. The van der Waals surface area contributed by atoms with Crippen LogP contribution >= 0.6 is 0 Å². The third-order valence-electron chi connectivity index (χ3n) is 4.76. The predicted octanol–water partition coefficient (Wildman–Crippen LogP) is 1.64. The van der Waals surface area contributed by atoms with Gasteiger partial charge in [0.1, 0.15) is 25.5 Å². The Bertz CT molecular complexity index is 761. The lowest BCUT2D eigenvalue weighted by Crippen LogP contribution is -3.14. The van der Waals surface area contributed by atoms with Gasteiger partial charge in [0, 0.05) is 22.6 Å². The number of nitrogens with zero attached hydrogens (tertiary/aromatic N) is 1. The number of benzene rings is 1. The Hall–Kier alpha value is -1.98. The maximum atomic E-state index is 13.9. The Morgan fingerprint density at radius 3 is 2.58 bits per heavy atom. The fraction of sp³-hybridized carbons (Fsp3) is 0.421. The molecule has 1 saturated heterocycles. The van der Waals surface area contributed by atoms with Crippen molar-refractivity contribution in [3.63, 3.8) is 0 Å². The van der Waals surface area contributed by atoms with Gasteiger partial charge in [-0.15, -0.1) is 0 Å². The molecule has 0 atom stereocenters. The Morgan fingerprint density at radius 2 is 1.92 bits per heavy atom. The first-order chi connectivity index (χ1) is 11.5. The summed E-state index contributed by atoms with van der Waals surface area (Å²) in [5.74, 6) is -0.0931. The molecule has 0 bridgehead atoms. The van der Waals surface area contributed by atoms with Gasteiger partial charge in [-0.05, 0) is 44.5 Å². The molecule has 128 valence electrons. The number of aromatic nitrogens is 1. The summed E-state index contributed by atoms with van der Waals surface area (Å²) in [6.07, 6.45) is 0. The zero-order valence-electron chi connectivity index (χ0n) is 14.5.